The van der Waals surface area contributed by atoms with Gasteiger partial charge in [0.25, 0.3) is 0 Å². The Labute approximate surface area is 102 Å². The lowest BCUT2D eigenvalue weighted by atomic mass is 9.99. The van der Waals surface area contributed by atoms with E-state index in [4.69, 9.17) is 11.0 Å². The number of halogens is 1. The summed E-state index contributed by atoms with van der Waals surface area (Å²) in [4.78, 5) is 1.92. The molecule has 0 amide bonds. The van der Waals surface area contributed by atoms with Crippen LogP contribution in [0.2, 0.25) is 0 Å². The number of hydrogen-bond acceptors (Lipinski definition) is 3. The highest BCUT2D eigenvalue weighted by molar-refractivity contribution is 5.22. The van der Waals surface area contributed by atoms with Crippen LogP contribution in [0.4, 0.5) is 4.39 Å². The zero-order chi connectivity index (χ0) is 12.8. The molecule has 2 atom stereocenters. The highest BCUT2D eigenvalue weighted by Gasteiger charge is 2.23. The molecule has 0 spiro atoms. The Morgan fingerprint density at radius 2 is 2.12 bits per heavy atom. The van der Waals surface area contributed by atoms with Crippen molar-refractivity contribution in [3.8, 4) is 6.07 Å². The summed E-state index contributed by atoms with van der Waals surface area (Å²) in [6, 6.07) is 8.31. The number of nitrogens with zero attached hydrogens (tertiary/aromatic N) is 2. The lowest BCUT2D eigenvalue weighted by molar-refractivity contribution is 0.218. The van der Waals surface area contributed by atoms with E-state index in [1.807, 2.05) is 18.9 Å². The lowest BCUT2D eigenvalue weighted by Crippen LogP contribution is -2.38. The summed E-state index contributed by atoms with van der Waals surface area (Å²) in [6.45, 7) is 2.43. The highest BCUT2D eigenvalue weighted by atomic mass is 19.1. The molecule has 0 radical (unpaired) electrons. The van der Waals surface area contributed by atoms with E-state index in [2.05, 4.69) is 6.07 Å². The van der Waals surface area contributed by atoms with E-state index in [-0.39, 0.29) is 17.9 Å². The summed E-state index contributed by atoms with van der Waals surface area (Å²) in [5, 5.41) is 8.58. The smallest absolute Gasteiger partial charge is 0.128 e. The maximum atomic E-state index is 13.7. The van der Waals surface area contributed by atoms with Gasteiger partial charge in [0.2, 0.25) is 0 Å². The van der Waals surface area contributed by atoms with Crippen molar-refractivity contribution in [3.63, 3.8) is 0 Å². The third-order valence-electron chi connectivity index (χ3n) is 2.77. The molecule has 0 aromatic heterocycles. The Kier molecular flexibility index (Phi) is 5.08. The van der Waals surface area contributed by atoms with Crippen LogP contribution in [0.3, 0.4) is 0 Å². The van der Waals surface area contributed by atoms with Crippen LogP contribution in [-0.2, 0) is 0 Å². The minimum absolute atomic E-state index is 0.199. The van der Waals surface area contributed by atoms with Crippen LogP contribution >= 0.6 is 0 Å². The number of hydrogen-bond donors (Lipinski definition) is 1. The fourth-order valence-electron chi connectivity index (χ4n) is 2.00. The van der Waals surface area contributed by atoms with Crippen LogP contribution < -0.4 is 5.73 Å². The highest BCUT2D eigenvalue weighted by Crippen LogP contribution is 2.24. The first-order valence-corrected chi connectivity index (χ1v) is 5.65. The van der Waals surface area contributed by atoms with Gasteiger partial charge in [0.1, 0.15) is 5.82 Å². The zero-order valence-corrected chi connectivity index (χ0v) is 10.2. The third kappa shape index (κ3) is 3.52. The van der Waals surface area contributed by atoms with Crippen molar-refractivity contribution >= 4 is 0 Å². The second kappa shape index (κ2) is 6.33. The molecule has 0 aliphatic rings. The third-order valence-corrected chi connectivity index (χ3v) is 2.77. The van der Waals surface area contributed by atoms with Crippen molar-refractivity contribution in [2.75, 3.05) is 13.6 Å². The van der Waals surface area contributed by atoms with Crippen molar-refractivity contribution < 1.29 is 4.39 Å². The minimum atomic E-state index is -0.251. The predicted molar refractivity (Wildman–Crippen MR) is 65.7 cm³/mol. The molecule has 92 valence electrons. The molecule has 1 aromatic rings. The second-order valence-electron chi connectivity index (χ2n) is 4.21. The summed E-state index contributed by atoms with van der Waals surface area (Å²) in [6.07, 6.45) is 0.411. The SMILES string of the molecule is CC(N)C(c1ccccc1F)N(C)CCC#N. The molecular formula is C13H18FN3. The topological polar surface area (TPSA) is 53.0 Å². The van der Waals surface area contributed by atoms with E-state index in [1.165, 1.54) is 6.07 Å². The van der Waals surface area contributed by atoms with Crippen molar-refractivity contribution in [3.05, 3.63) is 35.6 Å². The molecule has 1 aromatic carbocycles. The molecule has 0 aliphatic carbocycles. The van der Waals surface area contributed by atoms with Crippen LogP contribution in [0.25, 0.3) is 0 Å². The predicted octanol–water partition coefficient (Wildman–Crippen LogP) is 2.06. The first-order valence-electron chi connectivity index (χ1n) is 5.65. The van der Waals surface area contributed by atoms with Gasteiger partial charge in [-0.25, -0.2) is 4.39 Å². The minimum Gasteiger partial charge on any atom is -0.326 e. The molecule has 0 fully saturated rings. The molecule has 2 unspecified atom stereocenters. The summed E-state index contributed by atoms with van der Waals surface area (Å²) in [5.74, 6) is -0.251. The quantitative estimate of drug-likeness (QED) is 0.850. The van der Waals surface area contributed by atoms with Gasteiger partial charge in [-0.2, -0.15) is 5.26 Å². The number of nitrogens with two attached hydrogens (primary N) is 1. The summed E-state index contributed by atoms with van der Waals surface area (Å²) in [5.41, 5.74) is 6.51. The number of rotatable bonds is 5. The van der Waals surface area contributed by atoms with Gasteiger partial charge in [-0.3, -0.25) is 4.90 Å². The van der Waals surface area contributed by atoms with E-state index in [0.29, 0.717) is 18.5 Å². The maximum absolute atomic E-state index is 13.7. The maximum Gasteiger partial charge on any atom is 0.128 e. The normalized spacial score (nSPS) is 14.4. The van der Waals surface area contributed by atoms with Gasteiger partial charge in [-0.15, -0.1) is 0 Å². The first-order chi connectivity index (χ1) is 8.07. The molecule has 17 heavy (non-hydrogen) atoms. The second-order valence-corrected chi connectivity index (χ2v) is 4.21. The van der Waals surface area contributed by atoms with Crippen molar-refractivity contribution in [2.45, 2.75) is 25.4 Å². The van der Waals surface area contributed by atoms with E-state index in [1.54, 1.807) is 18.2 Å². The number of benzene rings is 1. The van der Waals surface area contributed by atoms with Crippen LogP contribution in [0.1, 0.15) is 24.9 Å². The Hall–Kier alpha value is -1.44. The zero-order valence-electron chi connectivity index (χ0n) is 10.2. The number of likely N-dealkylation sites (N-methyl/N-ethyl adjacent to an activating group) is 1. The van der Waals surface area contributed by atoms with Gasteiger partial charge in [-0.05, 0) is 20.0 Å². The van der Waals surface area contributed by atoms with Crippen molar-refractivity contribution in [1.82, 2.24) is 4.90 Å². The molecule has 0 aliphatic heterocycles. The summed E-state index contributed by atoms with van der Waals surface area (Å²) < 4.78 is 13.7. The fourth-order valence-corrected chi connectivity index (χ4v) is 2.00. The van der Waals surface area contributed by atoms with Gasteiger partial charge >= 0.3 is 0 Å². The Morgan fingerprint density at radius 1 is 1.47 bits per heavy atom. The average molecular weight is 235 g/mol. The molecule has 3 nitrogen and oxygen atoms in total. The van der Waals surface area contributed by atoms with Gasteiger partial charge in [-0.1, -0.05) is 18.2 Å². The Morgan fingerprint density at radius 3 is 2.65 bits per heavy atom. The largest absolute Gasteiger partial charge is 0.326 e. The average Bonchev–Trinajstić information content (AvgIpc) is 2.29. The van der Waals surface area contributed by atoms with Gasteiger partial charge < -0.3 is 5.73 Å². The van der Waals surface area contributed by atoms with Gasteiger partial charge in [0.15, 0.2) is 0 Å². The lowest BCUT2D eigenvalue weighted by Gasteiger charge is -2.31. The van der Waals surface area contributed by atoms with E-state index < -0.39 is 0 Å². The van der Waals surface area contributed by atoms with Crippen LogP contribution in [0.5, 0.6) is 0 Å². The Bertz CT molecular complexity index is 398. The van der Waals surface area contributed by atoms with Gasteiger partial charge in [0.05, 0.1) is 12.1 Å². The molecule has 0 saturated carbocycles. The monoisotopic (exact) mass is 235 g/mol. The van der Waals surface area contributed by atoms with Crippen molar-refractivity contribution in [2.24, 2.45) is 5.73 Å². The molecule has 0 heterocycles. The number of nitriles is 1. The first kappa shape index (κ1) is 13.6. The molecule has 4 heteroatoms. The summed E-state index contributed by atoms with van der Waals surface area (Å²) in [7, 11) is 1.86. The Balaban J connectivity index is 2.94. The molecular weight excluding hydrogens is 217 g/mol. The van der Waals surface area contributed by atoms with Gasteiger partial charge in [0, 0.05) is 24.6 Å². The molecule has 1 rings (SSSR count). The van der Waals surface area contributed by atoms with Crippen LogP contribution in [0.15, 0.2) is 24.3 Å². The molecule has 0 bridgehead atoms. The molecule has 0 saturated heterocycles. The fraction of sp³-hybridized carbons (Fsp3) is 0.462. The van der Waals surface area contributed by atoms with Crippen molar-refractivity contribution in [1.29, 1.82) is 5.26 Å². The van der Waals surface area contributed by atoms with Crippen LogP contribution in [-0.4, -0.2) is 24.5 Å². The molecule has 2 N–H and O–H groups in total. The van der Waals surface area contributed by atoms with E-state index in [9.17, 15) is 4.39 Å². The summed E-state index contributed by atoms with van der Waals surface area (Å²) >= 11 is 0. The van der Waals surface area contributed by atoms with Crippen LogP contribution in [0, 0.1) is 17.1 Å². The standard InChI is InChI=1S/C13H18FN3/c1-10(16)13(17(2)9-5-8-15)11-6-3-4-7-12(11)14/h3-4,6-7,10,13H,5,9,16H2,1-2H3. The van der Waals surface area contributed by atoms with E-state index >= 15 is 0 Å². The van der Waals surface area contributed by atoms with E-state index in [0.717, 1.165) is 0 Å².